The number of piperidine rings is 1. The summed E-state index contributed by atoms with van der Waals surface area (Å²) in [7, 11) is 0. The van der Waals surface area contributed by atoms with Crippen LogP contribution in [0.3, 0.4) is 0 Å². The fraction of sp³-hybridized carbons (Fsp3) is 0.643. The van der Waals surface area contributed by atoms with E-state index in [2.05, 4.69) is 10.5 Å². The number of hydrogen-bond donors (Lipinski definition) is 1. The quantitative estimate of drug-likeness (QED) is 0.906. The third-order valence-electron chi connectivity index (χ3n) is 3.42. The predicted octanol–water partition coefficient (Wildman–Crippen LogP) is 1.36. The van der Waals surface area contributed by atoms with E-state index in [1.165, 1.54) is 0 Å². The first-order chi connectivity index (χ1) is 9.47. The van der Waals surface area contributed by atoms with Crippen molar-refractivity contribution in [2.45, 2.75) is 39.7 Å². The Morgan fingerprint density at radius 2 is 2.05 bits per heavy atom. The van der Waals surface area contributed by atoms with Crippen molar-refractivity contribution in [2.24, 2.45) is 5.92 Å². The Labute approximate surface area is 118 Å². The summed E-state index contributed by atoms with van der Waals surface area (Å²) in [5.74, 6) is 0.210. The Bertz CT molecular complexity index is 488. The van der Waals surface area contributed by atoms with Crippen LogP contribution in [-0.4, -0.2) is 41.0 Å². The van der Waals surface area contributed by atoms with E-state index in [0.717, 1.165) is 0 Å². The topological polar surface area (TPSA) is 75.4 Å². The molecule has 110 valence electrons. The number of amides is 2. The molecule has 1 aliphatic rings. The maximum atomic E-state index is 12.2. The molecule has 1 fully saturated rings. The van der Waals surface area contributed by atoms with E-state index in [4.69, 9.17) is 4.52 Å². The first kappa shape index (κ1) is 14.6. The van der Waals surface area contributed by atoms with Gasteiger partial charge in [-0.15, -0.1) is 0 Å². The van der Waals surface area contributed by atoms with Gasteiger partial charge in [-0.05, 0) is 33.6 Å². The van der Waals surface area contributed by atoms with Crippen molar-refractivity contribution < 1.29 is 14.1 Å². The molecule has 1 aromatic rings. The summed E-state index contributed by atoms with van der Waals surface area (Å²) in [6, 6.07) is 1.79. The van der Waals surface area contributed by atoms with E-state index >= 15 is 0 Å². The molecule has 1 saturated heterocycles. The van der Waals surface area contributed by atoms with Gasteiger partial charge in [0.25, 0.3) is 5.91 Å². The summed E-state index contributed by atoms with van der Waals surface area (Å²) in [4.78, 5) is 25.8. The van der Waals surface area contributed by atoms with Gasteiger partial charge in [0, 0.05) is 31.1 Å². The van der Waals surface area contributed by atoms with Gasteiger partial charge in [-0.2, -0.15) is 0 Å². The lowest BCUT2D eigenvalue weighted by atomic mass is 9.95. The molecular weight excluding hydrogens is 258 g/mol. The molecular formula is C14H21N3O3. The number of aryl methyl sites for hydroxylation is 1. The minimum absolute atomic E-state index is 0.00193. The second-order valence-corrected chi connectivity index (χ2v) is 5.56. The summed E-state index contributed by atoms with van der Waals surface area (Å²) in [5.41, 5.74) is 0.694. The molecule has 2 amide bonds. The normalized spacial score (nSPS) is 16.5. The van der Waals surface area contributed by atoms with E-state index in [-0.39, 0.29) is 29.5 Å². The first-order valence-corrected chi connectivity index (χ1v) is 7.00. The van der Waals surface area contributed by atoms with Gasteiger partial charge in [0.2, 0.25) is 11.7 Å². The Kier molecular flexibility index (Phi) is 4.42. The van der Waals surface area contributed by atoms with Crippen molar-refractivity contribution in [1.82, 2.24) is 15.4 Å². The zero-order chi connectivity index (χ0) is 14.7. The largest absolute Gasteiger partial charge is 0.354 e. The van der Waals surface area contributed by atoms with Crippen LogP contribution < -0.4 is 5.32 Å². The standard InChI is InChI=1S/C14H21N3O3/c1-9(2)15-13(18)11-4-6-17(7-5-11)14(19)12-8-10(3)16-20-12/h8-9,11H,4-7H2,1-3H3,(H,15,18). The summed E-state index contributed by atoms with van der Waals surface area (Å²) >= 11 is 0. The van der Waals surface area contributed by atoms with E-state index in [1.54, 1.807) is 17.9 Å². The molecule has 0 aromatic carbocycles. The number of nitrogens with one attached hydrogen (secondary N) is 1. The fourth-order valence-corrected chi connectivity index (χ4v) is 2.37. The zero-order valence-electron chi connectivity index (χ0n) is 12.2. The molecule has 1 N–H and O–H groups in total. The van der Waals surface area contributed by atoms with Crippen molar-refractivity contribution in [3.05, 3.63) is 17.5 Å². The molecule has 0 unspecified atom stereocenters. The Morgan fingerprint density at radius 1 is 1.40 bits per heavy atom. The molecule has 2 rings (SSSR count). The van der Waals surface area contributed by atoms with Crippen molar-refractivity contribution in [1.29, 1.82) is 0 Å². The van der Waals surface area contributed by atoms with Crippen LogP contribution in [0, 0.1) is 12.8 Å². The number of carbonyl (C=O) groups excluding carboxylic acids is 2. The minimum Gasteiger partial charge on any atom is -0.354 e. The Hall–Kier alpha value is -1.85. The van der Waals surface area contributed by atoms with Crippen LogP contribution in [0.4, 0.5) is 0 Å². The highest BCUT2D eigenvalue weighted by atomic mass is 16.5. The van der Waals surface area contributed by atoms with Crippen LogP contribution in [0.2, 0.25) is 0 Å². The van der Waals surface area contributed by atoms with Crippen molar-refractivity contribution in [3.63, 3.8) is 0 Å². The summed E-state index contributed by atoms with van der Waals surface area (Å²) in [6.45, 7) is 6.83. The number of nitrogens with zero attached hydrogens (tertiary/aromatic N) is 2. The van der Waals surface area contributed by atoms with Crippen molar-refractivity contribution in [3.8, 4) is 0 Å². The van der Waals surface area contributed by atoms with Crippen LogP contribution in [-0.2, 0) is 4.79 Å². The van der Waals surface area contributed by atoms with Crippen LogP contribution in [0.5, 0.6) is 0 Å². The number of aromatic nitrogens is 1. The molecule has 0 radical (unpaired) electrons. The van der Waals surface area contributed by atoms with Gasteiger partial charge in [-0.1, -0.05) is 5.16 Å². The summed E-state index contributed by atoms with van der Waals surface area (Å²) in [6.07, 6.45) is 1.38. The molecule has 1 aliphatic heterocycles. The van der Waals surface area contributed by atoms with E-state index in [1.807, 2.05) is 13.8 Å². The van der Waals surface area contributed by atoms with Crippen molar-refractivity contribution in [2.75, 3.05) is 13.1 Å². The number of likely N-dealkylation sites (tertiary alicyclic amines) is 1. The minimum atomic E-state index is -0.145. The van der Waals surface area contributed by atoms with Gasteiger partial charge in [-0.25, -0.2) is 0 Å². The Balaban J connectivity index is 1.88. The third-order valence-corrected chi connectivity index (χ3v) is 3.42. The average Bonchev–Trinajstić information content (AvgIpc) is 2.84. The molecule has 0 spiro atoms. The summed E-state index contributed by atoms with van der Waals surface area (Å²) < 4.78 is 4.99. The van der Waals surface area contributed by atoms with Gasteiger partial charge in [0.15, 0.2) is 0 Å². The van der Waals surface area contributed by atoms with Gasteiger partial charge in [-0.3, -0.25) is 9.59 Å². The zero-order valence-corrected chi connectivity index (χ0v) is 12.2. The van der Waals surface area contributed by atoms with Gasteiger partial charge in [0.1, 0.15) is 0 Å². The molecule has 0 atom stereocenters. The molecule has 0 bridgehead atoms. The first-order valence-electron chi connectivity index (χ1n) is 7.00. The second kappa shape index (κ2) is 6.07. The Morgan fingerprint density at radius 3 is 2.55 bits per heavy atom. The molecule has 1 aromatic heterocycles. The highest BCUT2D eigenvalue weighted by Crippen LogP contribution is 2.19. The lowest BCUT2D eigenvalue weighted by Crippen LogP contribution is -2.44. The van der Waals surface area contributed by atoms with Crippen LogP contribution >= 0.6 is 0 Å². The molecule has 0 saturated carbocycles. The van der Waals surface area contributed by atoms with E-state index in [0.29, 0.717) is 31.6 Å². The number of rotatable bonds is 3. The highest BCUT2D eigenvalue weighted by Gasteiger charge is 2.29. The second-order valence-electron chi connectivity index (χ2n) is 5.56. The number of carbonyl (C=O) groups is 2. The van der Waals surface area contributed by atoms with Crippen LogP contribution in [0.25, 0.3) is 0 Å². The molecule has 2 heterocycles. The lowest BCUT2D eigenvalue weighted by molar-refractivity contribution is -0.126. The SMILES string of the molecule is Cc1cc(C(=O)N2CCC(C(=O)NC(C)C)CC2)on1. The fourth-order valence-electron chi connectivity index (χ4n) is 2.37. The van der Waals surface area contributed by atoms with Crippen LogP contribution in [0.15, 0.2) is 10.6 Å². The molecule has 6 nitrogen and oxygen atoms in total. The third kappa shape index (κ3) is 3.37. The molecule has 6 heteroatoms. The monoisotopic (exact) mass is 279 g/mol. The maximum Gasteiger partial charge on any atom is 0.292 e. The van der Waals surface area contributed by atoms with E-state index in [9.17, 15) is 9.59 Å². The lowest BCUT2D eigenvalue weighted by Gasteiger charge is -2.31. The van der Waals surface area contributed by atoms with Crippen LogP contribution in [0.1, 0.15) is 42.9 Å². The highest BCUT2D eigenvalue weighted by molar-refractivity contribution is 5.91. The average molecular weight is 279 g/mol. The van der Waals surface area contributed by atoms with Crippen molar-refractivity contribution >= 4 is 11.8 Å². The van der Waals surface area contributed by atoms with Gasteiger partial charge >= 0.3 is 0 Å². The number of hydrogen-bond acceptors (Lipinski definition) is 4. The predicted molar refractivity (Wildman–Crippen MR) is 73.1 cm³/mol. The maximum absolute atomic E-state index is 12.2. The van der Waals surface area contributed by atoms with Gasteiger partial charge < -0.3 is 14.7 Å². The molecule has 0 aliphatic carbocycles. The van der Waals surface area contributed by atoms with Gasteiger partial charge in [0.05, 0.1) is 5.69 Å². The summed E-state index contributed by atoms with van der Waals surface area (Å²) in [5, 5.41) is 6.64. The molecule has 20 heavy (non-hydrogen) atoms. The van der Waals surface area contributed by atoms with E-state index < -0.39 is 0 Å². The smallest absolute Gasteiger partial charge is 0.292 e.